The van der Waals surface area contributed by atoms with Gasteiger partial charge in [-0.1, -0.05) is 127 Å². The van der Waals surface area contributed by atoms with Crippen molar-refractivity contribution in [3.05, 3.63) is 230 Å². The number of fused-ring (bicyclic) bond motifs is 6. The third-order valence-electron chi connectivity index (χ3n) is 12.8. The van der Waals surface area contributed by atoms with E-state index in [1.807, 2.05) is 179 Å². The Labute approximate surface area is 386 Å². The SMILES string of the molecule is Fc1cccc(F)c1-c1cc(-n2c3ccccc3c3ccc(-c4ccnc(-c5ccccc5)c4)cc32)c(-n2c3ccccc3c3ccc(-c4ccnc(-c5ccccc5)c4)cc32)cc1C(F)(F)F. The lowest BCUT2D eigenvalue weighted by Gasteiger charge is -2.22. The van der Waals surface area contributed by atoms with E-state index in [0.29, 0.717) is 22.1 Å². The van der Waals surface area contributed by atoms with Crippen molar-refractivity contribution in [2.75, 3.05) is 0 Å². The van der Waals surface area contributed by atoms with E-state index in [2.05, 4.69) is 9.97 Å². The highest BCUT2D eigenvalue weighted by atomic mass is 19.4. The van der Waals surface area contributed by atoms with Crippen molar-refractivity contribution in [3.8, 4) is 67.3 Å². The van der Waals surface area contributed by atoms with Crippen LogP contribution in [-0.4, -0.2) is 19.1 Å². The predicted molar refractivity (Wildman–Crippen MR) is 263 cm³/mol. The van der Waals surface area contributed by atoms with Crippen LogP contribution in [-0.2, 0) is 6.18 Å². The number of pyridine rings is 2. The molecule has 0 aliphatic rings. The molecule has 9 heteroatoms. The molecular formula is C59H35F5N4. The van der Waals surface area contributed by atoms with Crippen LogP contribution in [0.2, 0.25) is 0 Å². The van der Waals surface area contributed by atoms with Crippen LogP contribution in [0.15, 0.2) is 213 Å². The van der Waals surface area contributed by atoms with E-state index in [9.17, 15) is 0 Å². The molecule has 0 fully saturated rings. The number of rotatable bonds is 7. The molecule has 0 N–H and O–H groups in total. The van der Waals surface area contributed by atoms with Crippen molar-refractivity contribution >= 4 is 43.6 Å². The van der Waals surface area contributed by atoms with E-state index in [0.717, 1.165) is 90.6 Å². The van der Waals surface area contributed by atoms with Gasteiger partial charge in [0.2, 0.25) is 0 Å². The number of hydrogen-bond donors (Lipinski definition) is 0. The molecule has 68 heavy (non-hydrogen) atoms. The molecule has 4 aromatic heterocycles. The zero-order chi connectivity index (χ0) is 46.1. The lowest BCUT2D eigenvalue weighted by molar-refractivity contribution is -0.137. The summed E-state index contributed by atoms with van der Waals surface area (Å²) in [5, 5.41) is 3.30. The second kappa shape index (κ2) is 16.0. The Balaban J connectivity index is 1.19. The van der Waals surface area contributed by atoms with Crippen molar-refractivity contribution in [2.45, 2.75) is 6.18 Å². The normalized spacial score (nSPS) is 11.9. The van der Waals surface area contributed by atoms with E-state index >= 15 is 22.0 Å². The van der Waals surface area contributed by atoms with Gasteiger partial charge in [-0.2, -0.15) is 13.2 Å². The molecule has 12 aromatic rings. The minimum Gasteiger partial charge on any atom is -0.307 e. The highest BCUT2D eigenvalue weighted by Gasteiger charge is 2.37. The quantitative estimate of drug-likeness (QED) is 0.149. The van der Waals surface area contributed by atoms with Gasteiger partial charge >= 0.3 is 6.18 Å². The van der Waals surface area contributed by atoms with Crippen molar-refractivity contribution in [3.63, 3.8) is 0 Å². The summed E-state index contributed by atoms with van der Waals surface area (Å²) in [4.78, 5) is 9.29. The van der Waals surface area contributed by atoms with Crippen LogP contribution in [0.25, 0.3) is 111 Å². The smallest absolute Gasteiger partial charge is 0.307 e. The third kappa shape index (κ3) is 6.81. The maximum absolute atomic E-state index is 16.0. The highest BCUT2D eigenvalue weighted by Crippen LogP contribution is 2.47. The number of halogens is 5. The molecule has 0 radical (unpaired) electrons. The molecule has 12 rings (SSSR count). The van der Waals surface area contributed by atoms with Gasteiger partial charge < -0.3 is 9.13 Å². The third-order valence-corrected chi connectivity index (χ3v) is 12.8. The zero-order valence-electron chi connectivity index (χ0n) is 35.9. The molecule has 0 amide bonds. The van der Waals surface area contributed by atoms with Crippen LogP contribution in [0.4, 0.5) is 22.0 Å². The number of nitrogens with zero attached hydrogens (tertiary/aromatic N) is 4. The number of para-hydroxylation sites is 2. The van der Waals surface area contributed by atoms with Crippen molar-refractivity contribution in [2.24, 2.45) is 0 Å². The molecule has 0 spiro atoms. The van der Waals surface area contributed by atoms with Crippen LogP contribution in [0.5, 0.6) is 0 Å². The van der Waals surface area contributed by atoms with Gasteiger partial charge in [0.25, 0.3) is 0 Å². The van der Waals surface area contributed by atoms with Gasteiger partial charge in [-0.05, 0) is 95.1 Å². The number of aromatic nitrogens is 4. The Morgan fingerprint density at radius 1 is 0.353 bits per heavy atom. The van der Waals surface area contributed by atoms with Crippen LogP contribution >= 0.6 is 0 Å². The molecule has 0 saturated carbocycles. The van der Waals surface area contributed by atoms with Crippen LogP contribution in [0, 0.1) is 11.6 Å². The maximum Gasteiger partial charge on any atom is 0.417 e. The van der Waals surface area contributed by atoms with Gasteiger partial charge in [-0.15, -0.1) is 0 Å². The Hall–Kier alpha value is -8.69. The lowest BCUT2D eigenvalue weighted by Crippen LogP contribution is -2.13. The van der Waals surface area contributed by atoms with Gasteiger partial charge in [-0.3, -0.25) is 9.97 Å². The summed E-state index contributed by atoms with van der Waals surface area (Å²) in [5.74, 6) is -2.22. The molecule has 0 unspecified atom stereocenters. The summed E-state index contributed by atoms with van der Waals surface area (Å²) in [6.07, 6.45) is -1.53. The topological polar surface area (TPSA) is 35.6 Å². The monoisotopic (exact) mass is 894 g/mol. The summed E-state index contributed by atoms with van der Waals surface area (Å²) < 4.78 is 83.2. The first-order valence-corrected chi connectivity index (χ1v) is 22.0. The fourth-order valence-electron chi connectivity index (χ4n) is 9.70. The number of alkyl halides is 3. The molecule has 0 bridgehead atoms. The molecule has 0 aliphatic heterocycles. The molecule has 8 aromatic carbocycles. The highest BCUT2D eigenvalue weighted by molar-refractivity contribution is 6.13. The molecule has 0 atom stereocenters. The molecular weight excluding hydrogens is 860 g/mol. The van der Waals surface area contributed by atoms with Gasteiger partial charge in [-0.25, -0.2) is 8.78 Å². The summed E-state index contributed by atoms with van der Waals surface area (Å²) >= 11 is 0. The fraction of sp³-hybridized carbons (Fsp3) is 0.0169. The van der Waals surface area contributed by atoms with E-state index in [4.69, 9.17) is 0 Å². The molecule has 4 nitrogen and oxygen atoms in total. The van der Waals surface area contributed by atoms with Gasteiger partial charge in [0.1, 0.15) is 11.6 Å². The second-order valence-electron chi connectivity index (χ2n) is 16.7. The Morgan fingerprint density at radius 2 is 0.779 bits per heavy atom. The largest absolute Gasteiger partial charge is 0.417 e. The molecule has 4 heterocycles. The van der Waals surface area contributed by atoms with E-state index < -0.39 is 34.5 Å². The first kappa shape index (κ1) is 40.8. The predicted octanol–water partition coefficient (Wildman–Crippen LogP) is 16.3. The summed E-state index contributed by atoms with van der Waals surface area (Å²) in [5.41, 5.74) is 7.32. The Morgan fingerprint density at radius 3 is 1.26 bits per heavy atom. The van der Waals surface area contributed by atoms with E-state index in [1.54, 1.807) is 12.4 Å². The zero-order valence-corrected chi connectivity index (χ0v) is 35.9. The minimum absolute atomic E-state index is 0.157. The molecule has 0 saturated heterocycles. The van der Waals surface area contributed by atoms with Gasteiger partial charge in [0, 0.05) is 50.6 Å². The van der Waals surface area contributed by atoms with Crippen molar-refractivity contribution < 1.29 is 22.0 Å². The van der Waals surface area contributed by atoms with Gasteiger partial charge in [0.05, 0.1) is 56.0 Å². The Kier molecular flexibility index (Phi) is 9.62. The molecule has 326 valence electrons. The van der Waals surface area contributed by atoms with E-state index in [-0.39, 0.29) is 11.4 Å². The number of hydrogen-bond acceptors (Lipinski definition) is 2. The molecule has 0 aliphatic carbocycles. The van der Waals surface area contributed by atoms with Crippen molar-refractivity contribution in [1.29, 1.82) is 0 Å². The van der Waals surface area contributed by atoms with Crippen LogP contribution in [0.1, 0.15) is 5.56 Å². The standard InChI is InChI=1S/C59H35F5N4/c60-48-18-11-19-49(61)58(48)46-34-56(67-52-20-9-7-16-42(52)44-24-22-38(32-54(44)67)40-26-28-65-50(30-40)36-12-3-1-4-13-36)57(35-47(46)59(62,63)64)68-53-21-10-8-17-43(53)45-25-23-39(33-55(45)68)41-27-29-66-51(31-41)37-14-5-2-6-15-37/h1-35H. The van der Waals surface area contributed by atoms with Gasteiger partial charge in [0.15, 0.2) is 0 Å². The first-order chi connectivity index (χ1) is 33.2. The summed E-state index contributed by atoms with van der Waals surface area (Å²) in [6.45, 7) is 0. The average molecular weight is 895 g/mol. The van der Waals surface area contributed by atoms with Crippen LogP contribution in [0.3, 0.4) is 0 Å². The lowest BCUT2D eigenvalue weighted by atomic mass is 9.96. The van der Waals surface area contributed by atoms with Crippen LogP contribution < -0.4 is 0 Å². The summed E-state index contributed by atoms with van der Waals surface area (Å²) in [6, 6.07) is 60.2. The van der Waals surface area contributed by atoms with E-state index in [1.165, 1.54) is 6.07 Å². The fourth-order valence-corrected chi connectivity index (χ4v) is 9.70. The Bertz CT molecular complexity index is 3910. The second-order valence-corrected chi connectivity index (χ2v) is 16.7. The minimum atomic E-state index is -5.03. The van der Waals surface area contributed by atoms with Crippen molar-refractivity contribution in [1.82, 2.24) is 19.1 Å². The summed E-state index contributed by atoms with van der Waals surface area (Å²) in [7, 11) is 0. The number of benzene rings is 8. The maximum atomic E-state index is 16.0. The average Bonchev–Trinajstić information content (AvgIpc) is 3.88. The first-order valence-electron chi connectivity index (χ1n) is 22.0.